The first-order chi connectivity index (χ1) is 2.24. The average molecular weight is 272 g/mol. The van der Waals surface area contributed by atoms with Crippen molar-refractivity contribution in [2.24, 2.45) is 0 Å². The van der Waals surface area contributed by atoms with Crippen molar-refractivity contribution in [1.82, 2.24) is 0 Å². The monoisotopic (exact) mass is 273 g/mol. The van der Waals surface area contributed by atoms with E-state index in [2.05, 4.69) is 0 Å². The van der Waals surface area contributed by atoms with Crippen LogP contribution in [-0.4, -0.2) is 0 Å². The zero-order valence-corrected chi connectivity index (χ0v) is 4.77. The first kappa shape index (κ1) is 5.65. The maximum atomic E-state index is 8.65. The summed E-state index contributed by atoms with van der Waals surface area (Å²) in [6.07, 6.45) is 0. The second-order valence-corrected chi connectivity index (χ2v) is 4.55. The van der Waals surface area contributed by atoms with E-state index in [0.29, 0.717) is 0 Å². The van der Waals surface area contributed by atoms with E-state index in [4.69, 9.17) is 17.5 Å². The van der Waals surface area contributed by atoms with Crippen molar-refractivity contribution in [1.29, 1.82) is 0 Å². The molecule has 0 aromatic rings. The molecule has 0 spiro atoms. The van der Waals surface area contributed by atoms with E-state index >= 15 is 0 Å². The van der Waals surface area contributed by atoms with E-state index in [-0.39, 0.29) is 0 Å². The fourth-order valence-electron chi connectivity index (χ4n) is 0. The van der Waals surface area contributed by atoms with Gasteiger partial charge in [0, 0.05) is 0 Å². The Kier molecular flexibility index (Phi) is 0.626. The standard InChI is InChI=1S/Ir.5O. The molecule has 0 unspecified atom stereocenters. The van der Waals surface area contributed by atoms with E-state index < -0.39 is 13.9 Å². The Morgan fingerprint density at radius 1 is 0.667 bits per heavy atom. The topological polar surface area (TPSA) is 85.3 Å². The van der Waals surface area contributed by atoms with Crippen LogP contribution in [0.1, 0.15) is 0 Å². The summed E-state index contributed by atoms with van der Waals surface area (Å²) in [5.41, 5.74) is 0. The van der Waals surface area contributed by atoms with Crippen LogP contribution >= 0.6 is 0 Å². The Balaban J connectivity index is 7.45. The molecule has 6 heteroatoms. The fourth-order valence-corrected chi connectivity index (χ4v) is 0. The van der Waals surface area contributed by atoms with Gasteiger partial charge in [0.2, 0.25) is 0 Å². The molecule has 0 aliphatic carbocycles. The van der Waals surface area contributed by atoms with E-state index in [1.165, 1.54) is 0 Å². The van der Waals surface area contributed by atoms with Crippen molar-refractivity contribution < 1.29 is 31.4 Å². The molecule has 6 heavy (non-hydrogen) atoms. The van der Waals surface area contributed by atoms with Crippen LogP contribution in [0.15, 0.2) is 0 Å². The molecule has 0 radical (unpaired) electrons. The summed E-state index contributed by atoms with van der Waals surface area (Å²) in [5, 5.41) is 0. The fraction of sp³-hybridized carbons (Fsp3) is 0. The first-order valence-electron chi connectivity index (χ1n) is 0.680. The predicted molar refractivity (Wildman–Crippen MR) is 3.43 cm³/mol. The summed E-state index contributed by atoms with van der Waals surface area (Å²) < 4.78 is 43.2. The van der Waals surface area contributed by atoms with Gasteiger partial charge in [0.25, 0.3) is 0 Å². The molecule has 0 rings (SSSR count). The summed E-state index contributed by atoms with van der Waals surface area (Å²) in [5.74, 6) is 0. The molecule has 0 N–H and O–H groups in total. The maximum absolute atomic E-state index is 8.65. The molecule has 0 saturated carbocycles. The second-order valence-electron chi connectivity index (χ2n) is 0.556. The minimum absolute atomic E-state index is 7.85. The molecule has 0 fully saturated rings. The Hall–Kier alpha value is -0.351. The van der Waals surface area contributed by atoms with Crippen molar-refractivity contribution in [3.8, 4) is 0 Å². The van der Waals surface area contributed by atoms with Crippen LogP contribution in [0.5, 0.6) is 0 Å². The zero-order valence-electron chi connectivity index (χ0n) is 2.37. The van der Waals surface area contributed by atoms with Gasteiger partial charge in [0.15, 0.2) is 0 Å². The van der Waals surface area contributed by atoms with Gasteiger partial charge in [-0.05, 0) is 0 Å². The summed E-state index contributed by atoms with van der Waals surface area (Å²) in [7, 11) is 0. The Labute approximate surface area is 32.1 Å². The van der Waals surface area contributed by atoms with Gasteiger partial charge in [-0.2, -0.15) is 0 Å². The van der Waals surface area contributed by atoms with E-state index in [9.17, 15) is 0 Å². The summed E-state index contributed by atoms with van der Waals surface area (Å²) in [6.45, 7) is 0. The van der Waals surface area contributed by atoms with Crippen molar-refractivity contribution in [3.05, 3.63) is 0 Å². The van der Waals surface area contributed by atoms with E-state index in [1.807, 2.05) is 0 Å². The Morgan fingerprint density at radius 2 is 0.667 bits per heavy atom. The van der Waals surface area contributed by atoms with Crippen molar-refractivity contribution in [3.63, 3.8) is 0 Å². The van der Waals surface area contributed by atoms with Gasteiger partial charge in [-0.25, -0.2) is 0 Å². The van der Waals surface area contributed by atoms with Crippen molar-refractivity contribution in [2.45, 2.75) is 0 Å². The van der Waals surface area contributed by atoms with Crippen LogP contribution in [0.2, 0.25) is 0 Å². The molecule has 0 aliphatic rings. The van der Waals surface area contributed by atoms with Gasteiger partial charge in [0.05, 0.1) is 0 Å². The van der Waals surface area contributed by atoms with Crippen molar-refractivity contribution in [2.75, 3.05) is 0 Å². The quantitative estimate of drug-likeness (QED) is 0.588. The molecule has 0 atom stereocenters. The van der Waals surface area contributed by atoms with E-state index in [0.717, 1.165) is 0 Å². The first-order valence-corrected chi connectivity index (χ1v) is 5.57. The number of rotatable bonds is 0. The molecule has 0 aromatic carbocycles. The third-order valence-corrected chi connectivity index (χ3v) is 0. The normalized spacial score (nSPS) is 18.3. The van der Waals surface area contributed by atoms with Gasteiger partial charge in [-0.3, -0.25) is 0 Å². The van der Waals surface area contributed by atoms with Crippen LogP contribution in [0.3, 0.4) is 0 Å². The average Bonchev–Trinajstić information content (AvgIpc) is 0.650. The number of hydrogen-bond donors (Lipinski definition) is 0. The predicted octanol–water partition coefficient (Wildman–Crippen LogP) is -0.597. The molecular formula is IrO5. The van der Waals surface area contributed by atoms with Crippen LogP contribution in [0.25, 0.3) is 0 Å². The molecule has 5 nitrogen and oxygen atoms in total. The third kappa shape index (κ3) is 208. The third-order valence-electron chi connectivity index (χ3n) is 0. The molecular weight excluding hydrogens is 272 g/mol. The SMILES string of the molecule is [O]=[Ir](=[O])(=[O])(=[O])=[O]. The molecule has 0 bridgehead atoms. The van der Waals surface area contributed by atoms with Crippen LogP contribution in [0.4, 0.5) is 0 Å². The molecule has 39 valence electrons. The summed E-state index contributed by atoms with van der Waals surface area (Å²) >= 11 is -7.85. The molecule has 0 aliphatic heterocycles. The van der Waals surface area contributed by atoms with Crippen molar-refractivity contribution >= 4 is 0 Å². The van der Waals surface area contributed by atoms with Crippen LogP contribution < -0.4 is 0 Å². The van der Waals surface area contributed by atoms with E-state index in [1.54, 1.807) is 0 Å². The minimum atomic E-state index is -7.85. The van der Waals surface area contributed by atoms with Gasteiger partial charge < -0.3 is 0 Å². The molecule has 0 aromatic heterocycles. The Bertz CT molecular complexity index is 274. The molecule has 0 saturated heterocycles. The summed E-state index contributed by atoms with van der Waals surface area (Å²) in [4.78, 5) is 0. The van der Waals surface area contributed by atoms with Gasteiger partial charge in [-0.15, -0.1) is 0 Å². The van der Waals surface area contributed by atoms with Gasteiger partial charge in [0.1, 0.15) is 0 Å². The van der Waals surface area contributed by atoms with Gasteiger partial charge >= 0.3 is 31.4 Å². The summed E-state index contributed by atoms with van der Waals surface area (Å²) in [6, 6.07) is 0. The number of hydrogen-bond acceptors (Lipinski definition) is 5. The Morgan fingerprint density at radius 3 is 0.667 bits per heavy atom. The zero-order chi connectivity index (χ0) is 5.45. The van der Waals surface area contributed by atoms with Crippen LogP contribution in [0, 0.1) is 0 Å². The van der Waals surface area contributed by atoms with Gasteiger partial charge in [-0.1, -0.05) is 0 Å². The molecule has 0 amide bonds. The van der Waals surface area contributed by atoms with Crippen LogP contribution in [-0.2, 0) is 31.4 Å². The second kappa shape index (κ2) is 0.665. The molecule has 0 heterocycles.